The third kappa shape index (κ3) is 6.43. The first-order valence-electron chi connectivity index (χ1n) is 8.09. The molecule has 1 atom stereocenters. The Morgan fingerprint density at radius 1 is 1.08 bits per heavy atom. The van der Waals surface area contributed by atoms with E-state index in [1.165, 1.54) is 12.1 Å². The van der Waals surface area contributed by atoms with E-state index in [0.717, 1.165) is 11.5 Å². The van der Waals surface area contributed by atoms with E-state index in [4.69, 9.17) is 9.47 Å². The zero-order chi connectivity index (χ0) is 18.1. The molecule has 0 aromatic heterocycles. The van der Waals surface area contributed by atoms with Crippen molar-refractivity contribution in [3.8, 4) is 11.5 Å². The van der Waals surface area contributed by atoms with Gasteiger partial charge in [-0.05, 0) is 48.9 Å². The first-order valence-corrected chi connectivity index (χ1v) is 8.09. The summed E-state index contributed by atoms with van der Waals surface area (Å²) < 4.78 is 23.7. The summed E-state index contributed by atoms with van der Waals surface area (Å²) in [7, 11) is 3.40. The molecule has 1 unspecified atom stereocenters. The average Bonchev–Trinajstić information content (AvgIpc) is 2.62. The van der Waals surface area contributed by atoms with E-state index in [1.54, 1.807) is 26.3 Å². The number of halogens is 1. The van der Waals surface area contributed by atoms with Crippen LogP contribution in [-0.2, 0) is 11.3 Å². The number of methoxy groups -OCH3 is 1. The molecule has 0 spiro atoms. The quantitative estimate of drug-likeness (QED) is 0.597. The monoisotopic (exact) mass is 345 g/mol. The third-order valence-electron chi connectivity index (χ3n) is 3.46. The van der Waals surface area contributed by atoms with Crippen molar-refractivity contribution in [2.24, 2.45) is 4.99 Å². The Hall–Kier alpha value is -2.60. The molecule has 5 nitrogen and oxygen atoms in total. The molecular formula is C19H24FN3O2. The maximum Gasteiger partial charge on any atom is 0.191 e. The fourth-order valence-corrected chi connectivity index (χ4v) is 2.22. The largest absolute Gasteiger partial charge is 0.457 e. The molecule has 0 fully saturated rings. The minimum Gasteiger partial charge on any atom is -0.457 e. The van der Waals surface area contributed by atoms with Gasteiger partial charge in [0.05, 0.1) is 6.61 Å². The molecule has 2 rings (SSSR count). The second-order valence-electron chi connectivity index (χ2n) is 5.63. The van der Waals surface area contributed by atoms with Gasteiger partial charge in [-0.15, -0.1) is 0 Å². The summed E-state index contributed by atoms with van der Waals surface area (Å²) in [5.41, 5.74) is 1.09. The van der Waals surface area contributed by atoms with Gasteiger partial charge in [0.2, 0.25) is 0 Å². The Balaban J connectivity index is 1.86. The molecule has 0 bridgehead atoms. The molecule has 134 valence electrons. The van der Waals surface area contributed by atoms with Gasteiger partial charge in [0.15, 0.2) is 5.96 Å². The molecule has 0 saturated heterocycles. The highest BCUT2D eigenvalue weighted by Gasteiger charge is 2.05. The van der Waals surface area contributed by atoms with E-state index in [2.05, 4.69) is 15.6 Å². The smallest absolute Gasteiger partial charge is 0.191 e. The SMILES string of the molecule is CN=C(NCc1ccc(Oc2ccc(F)cc2)cc1)NC(C)COC. The number of benzene rings is 2. The topological polar surface area (TPSA) is 54.9 Å². The second kappa shape index (κ2) is 9.64. The van der Waals surface area contributed by atoms with Crippen LogP contribution in [0.5, 0.6) is 11.5 Å². The minimum absolute atomic E-state index is 0.169. The Kier molecular flexibility index (Phi) is 7.22. The number of nitrogens with zero attached hydrogens (tertiary/aromatic N) is 1. The summed E-state index contributed by atoms with van der Waals surface area (Å²) in [6.07, 6.45) is 0. The van der Waals surface area contributed by atoms with Crippen LogP contribution in [0.3, 0.4) is 0 Å². The summed E-state index contributed by atoms with van der Waals surface area (Å²) in [6, 6.07) is 13.8. The van der Waals surface area contributed by atoms with Crippen molar-refractivity contribution in [1.29, 1.82) is 0 Å². The Morgan fingerprint density at radius 2 is 1.68 bits per heavy atom. The molecular weight excluding hydrogens is 321 g/mol. The summed E-state index contributed by atoms with van der Waals surface area (Å²) in [5, 5.41) is 6.50. The molecule has 0 amide bonds. The number of hydrogen-bond donors (Lipinski definition) is 2. The van der Waals surface area contributed by atoms with Crippen molar-refractivity contribution in [2.45, 2.75) is 19.5 Å². The molecule has 2 N–H and O–H groups in total. The lowest BCUT2D eigenvalue weighted by atomic mass is 10.2. The van der Waals surface area contributed by atoms with Crippen LogP contribution in [-0.4, -0.2) is 32.8 Å². The van der Waals surface area contributed by atoms with Gasteiger partial charge in [-0.2, -0.15) is 0 Å². The molecule has 25 heavy (non-hydrogen) atoms. The van der Waals surface area contributed by atoms with Crippen molar-refractivity contribution in [2.75, 3.05) is 20.8 Å². The maximum absolute atomic E-state index is 12.9. The number of aliphatic imine (C=N–C) groups is 1. The first kappa shape index (κ1) is 18.7. The van der Waals surface area contributed by atoms with Crippen molar-refractivity contribution in [3.05, 3.63) is 59.9 Å². The predicted octanol–water partition coefficient (Wildman–Crippen LogP) is 3.32. The fourth-order valence-electron chi connectivity index (χ4n) is 2.22. The Labute approximate surface area is 147 Å². The Morgan fingerprint density at radius 3 is 2.24 bits per heavy atom. The number of rotatable bonds is 7. The highest BCUT2D eigenvalue weighted by Crippen LogP contribution is 2.21. The van der Waals surface area contributed by atoms with Crippen molar-refractivity contribution >= 4 is 5.96 Å². The van der Waals surface area contributed by atoms with E-state index in [9.17, 15) is 4.39 Å². The molecule has 2 aromatic rings. The summed E-state index contributed by atoms with van der Waals surface area (Å²) in [5.74, 6) is 1.74. The van der Waals surface area contributed by atoms with Gasteiger partial charge < -0.3 is 20.1 Å². The van der Waals surface area contributed by atoms with E-state index in [1.807, 2.05) is 31.2 Å². The van der Waals surface area contributed by atoms with E-state index < -0.39 is 0 Å². The van der Waals surface area contributed by atoms with Gasteiger partial charge in [-0.3, -0.25) is 4.99 Å². The van der Waals surface area contributed by atoms with Gasteiger partial charge in [-0.25, -0.2) is 4.39 Å². The van der Waals surface area contributed by atoms with Crippen molar-refractivity contribution in [3.63, 3.8) is 0 Å². The highest BCUT2D eigenvalue weighted by molar-refractivity contribution is 5.79. The van der Waals surface area contributed by atoms with Crippen LogP contribution in [0.25, 0.3) is 0 Å². The highest BCUT2D eigenvalue weighted by atomic mass is 19.1. The van der Waals surface area contributed by atoms with E-state index in [-0.39, 0.29) is 11.9 Å². The van der Waals surface area contributed by atoms with Crippen molar-refractivity contribution in [1.82, 2.24) is 10.6 Å². The lowest BCUT2D eigenvalue weighted by Crippen LogP contribution is -2.43. The second-order valence-corrected chi connectivity index (χ2v) is 5.63. The normalized spacial score (nSPS) is 12.6. The van der Waals surface area contributed by atoms with Crippen LogP contribution < -0.4 is 15.4 Å². The molecule has 0 radical (unpaired) electrons. The first-order chi connectivity index (χ1) is 12.1. The predicted molar refractivity (Wildman–Crippen MR) is 97.6 cm³/mol. The van der Waals surface area contributed by atoms with E-state index in [0.29, 0.717) is 24.7 Å². The van der Waals surface area contributed by atoms with Crippen LogP contribution in [0, 0.1) is 5.82 Å². The standard InChI is InChI=1S/C19H24FN3O2/c1-14(13-24-3)23-19(21-2)22-12-15-4-8-17(9-5-15)25-18-10-6-16(20)7-11-18/h4-11,14H,12-13H2,1-3H3,(H2,21,22,23). The number of guanidine groups is 1. The Bertz CT molecular complexity index is 672. The van der Waals surface area contributed by atoms with Crippen LogP contribution in [0.4, 0.5) is 4.39 Å². The zero-order valence-electron chi connectivity index (χ0n) is 14.8. The zero-order valence-corrected chi connectivity index (χ0v) is 14.8. The van der Waals surface area contributed by atoms with Crippen LogP contribution in [0.2, 0.25) is 0 Å². The average molecular weight is 345 g/mol. The molecule has 0 heterocycles. The van der Waals surface area contributed by atoms with Gasteiger partial charge in [0, 0.05) is 26.7 Å². The lowest BCUT2D eigenvalue weighted by molar-refractivity contribution is 0.179. The van der Waals surface area contributed by atoms with Gasteiger partial charge in [0.1, 0.15) is 17.3 Å². The summed E-state index contributed by atoms with van der Waals surface area (Å²) in [4.78, 5) is 4.19. The molecule has 0 aliphatic heterocycles. The van der Waals surface area contributed by atoms with Crippen LogP contribution in [0.1, 0.15) is 12.5 Å². The third-order valence-corrected chi connectivity index (χ3v) is 3.46. The van der Waals surface area contributed by atoms with Crippen LogP contribution in [0.15, 0.2) is 53.5 Å². The van der Waals surface area contributed by atoms with Gasteiger partial charge in [-0.1, -0.05) is 12.1 Å². The van der Waals surface area contributed by atoms with Gasteiger partial charge in [0.25, 0.3) is 0 Å². The van der Waals surface area contributed by atoms with Crippen molar-refractivity contribution < 1.29 is 13.9 Å². The summed E-state index contributed by atoms with van der Waals surface area (Å²) in [6.45, 7) is 3.27. The minimum atomic E-state index is -0.282. The lowest BCUT2D eigenvalue weighted by Gasteiger charge is -2.17. The fraction of sp³-hybridized carbons (Fsp3) is 0.316. The van der Waals surface area contributed by atoms with E-state index >= 15 is 0 Å². The maximum atomic E-state index is 12.9. The van der Waals surface area contributed by atoms with Crippen LogP contribution >= 0.6 is 0 Å². The molecule has 2 aromatic carbocycles. The summed E-state index contributed by atoms with van der Waals surface area (Å²) >= 11 is 0. The molecule has 0 aliphatic carbocycles. The van der Waals surface area contributed by atoms with Gasteiger partial charge >= 0.3 is 0 Å². The number of ether oxygens (including phenoxy) is 2. The number of nitrogens with one attached hydrogen (secondary N) is 2. The molecule has 0 aliphatic rings. The molecule has 0 saturated carbocycles. The molecule has 6 heteroatoms. The number of hydrogen-bond acceptors (Lipinski definition) is 3.